The van der Waals surface area contributed by atoms with Gasteiger partial charge in [0.1, 0.15) is 0 Å². The van der Waals surface area contributed by atoms with Gasteiger partial charge in [0.15, 0.2) is 0 Å². The summed E-state index contributed by atoms with van der Waals surface area (Å²) in [7, 11) is 0. The van der Waals surface area contributed by atoms with Crippen LogP contribution in [0.15, 0.2) is 24.5 Å². The molecule has 0 aliphatic rings. The minimum Gasteiger partial charge on any atom is -0.870 e. The first-order valence-corrected chi connectivity index (χ1v) is 2.21. The largest absolute Gasteiger partial charge is 1.00 e. The summed E-state index contributed by atoms with van der Waals surface area (Å²) >= 11 is 0. The number of nitrogens with zero attached hydrogens (tertiary/aromatic N) is 1. The molecule has 0 atom stereocenters. The van der Waals surface area contributed by atoms with Crippen molar-refractivity contribution in [3.05, 3.63) is 30.1 Å². The van der Waals surface area contributed by atoms with Crippen molar-refractivity contribution in [1.82, 2.24) is 4.98 Å². The summed E-state index contributed by atoms with van der Waals surface area (Å²) in [6, 6.07) is 3.35. The number of rotatable bonds is 1. The van der Waals surface area contributed by atoms with E-state index in [4.69, 9.17) is 0 Å². The maximum atomic E-state index is 9.84. The van der Waals surface area contributed by atoms with Gasteiger partial charge in [-0.15, -0.1) is 11.6 Å². The monoisotopic (exact) mass is 146 g/mol. The van der Waals surface area contributed by atoms with Gasteiger partial charge in [0.05, 0.1) is 6.29 Å². The summed E-state index contributed by atoms with van der Waals surface area (Å²) in [4.78, 5) is 13.5. The van der Waals surface area contributed by atoms with Gasteiger partial charge in [-0.3, -0.25) is 0 Å². The molecule has 1 N–H and O–H groups in total. The van der Waals surface area contributed by atoms with Crippen LogP contribution in [0.5, 0.6) is 0 Å². The second-order valence-electron chi connectivity index (χ2n) is 1.34. The van der Waals surface area contributed by atoms with E-state index in [0.717, 1.165) is 0 Å². The van der Waals surface area contributed by atoms with Crippen molar-refractivity contribution in [3.63, 3.8) is 0 Å². The molecule has 0 spiro atoms. The fraction of sp³-hybridized carbons (Fsp3) is 0. The Balaban J connectivity index is 0. The van der Waals surface area contributed by atoms with Crippen LogP contribution in [-0.2, 0) is 4.79 Å². The summed E-state index contributed by atoms with van der Waals surface area (Å²) in [6.07, 6.45) is 4.79. The normalized spacial score (nSPS) is 6.80. The summed E-state index contributed by atoms with van der Waals surface area (Å²) in [5.41, 5.74) is 0.493. The van der Waals surface area contributed by atoms with E-state index >= 15 is 0 Å². The topological polar surface area (TPSA) is 60.0 Å². The van der Waals surface area contributed by atoms with E-state index in [1.54, 1.807) is 24.6 Å². The Kier molecular flexibility index (Phi) is 8.59. The first-order chi connectivity index (χ1) is 3.93. The third-order valence-electron chi connectivity index (χ3n) is 0.779. The molecule has 0 saturated carbocycles. The van der Waals surface area contributed by atoms with Crippen LogP contribution in [0.2, 0.25) is 0 Å². The Hall–Kier alpha value is -0.220. The average molecular weight is 146 g/mol. The third-order valence-corrected chi connectivity index (χ3v) is 0.779. The van der Waals surface area contributed by atoms with Crippen LogP contribution in [0.25, 0.3) is 0 Å². The van der Waals surface area contributed by atoms with Gasteiger partial charge in [0, 0.05) is 0 Å². The van der Waals surface area contributed by atoms with Gasteiger partial charge < -0.3 is 15.3 Å². The van der Waals surface area contributed by atoms with Gasteiger partial charge in [-0.1, -0.05) is 6.20 Å². The Morgan fingerprint density at radius 3 is 2.50 bits per heavy atom. The first-order valence-electron chi connectivity index (χ1n) is 2.21. The maximum absolute atomic E-state index is 9.84. The van der Waals surface area contributed by atoms with Gasteiger partial charge >= 0.3 is 29.6 Å². The SMILES string of the molecule is O=[C-]c1cccnc1.[Na+].[OH-]. The van der Waals surface area contributed by atoms with Crippen molar-refractivity contribution in [3.8, 4) is 0 Å². The molecule has 0 fully saturated rings. The molecule has 1 aromatic rings. The van der Waals surface area contributed by atoms with E-state index < -0.39 is 0 Å². The molecule has 3 nitrogen and oxygen atoms in total. The quantitative estimate of drug-likeness (QED) is 0.321. The van der Waals surface area contributed by atoms with Crippen molar-refractivity contribution < 1.29 is 39.8 Å². The van der Waals surface area contributed by atoms with E-state index in [1.165, 1.54) is 6.20 Å². The molecule has 4 heteroatoms. The summed E-state index contributed by atoms with van der Waals surface area (Å²) in [5, 5.41) is 0. The molecular weight excluding hydrogens is 141 g/mol. The standard InChI is InChI=1S/C6H4NO.Na.H2O/c8-5-6-2-1-3-7-4-6;;/h1-4H;;1H2/q-1;+1;/p-1. The molecule has 1 heterocycles. The number of carbonyl (C=O) groups excluding carboxylic acids is 1. The molecular formula is C6H5NNaO2-. The minimum absolute atomic E-state index is 0. The van der Waals surface area contributed by atoms with E-state index in [9.17, 15) is 4.79 Å². The molecule has 0 bridgehead atoms. The third kappa shape index (κ3) is 3.74. The van der Waals surface area contributed by atoms with Crippen LogP contribution < -0.4 is 29.6 Å². The molecule has 1 aromatic heterocycles. The van der Waals surface area contributed by atoms with Crippen LogP contribution in [0.1, 0.15) is 5.56 Å². The number of hydrogen-bond acceptors (Lipinski definition) is 3. The van der Waals surface area contributed by atoms with E-state index in [2.05, 4.69) is 4.98 Å². The second kappa shape index (κ2) is 6.89. The Labute approximate surface area is 81.1 Å². The molecule has 0 aromatic carbocycles. The molecule has 0 aliphatic carbocycles. The van der Waals surface area contributed by atoms with Crippen LogP contribution in [0.3, 0.4) is 0 Å². The van der Waals surface area contributed by atoms with Crippen molar-refractivity contribution in [2.24, 2.45) is 0 Å². The Morgan fingerprint density at radius 2 is 2.20 bits per heavy atom. The molecule has 0 radical (unpaired) electrons. The van der Waals surface area contributed by atoms with Crippen LogP contribution in [0, 0.1) is 0 Å². The Morgan fingerprint density at radius 1 is 1.50 bits per heavy atom. The number of aromatic nitrogens is 1. The van der Waals surface area contributed by atoms with Crippen LogP contribution in [0.4, 0.5) is 0 Å². The second-order valence-corrected chi connectivity index (χ2v) is 1.34. The van der Waals surface area contributed by atoms with Gasteiger partial charge in [-0.05, 0) is 6.20 Å². The molecule has 0 amide bonds. The summed E-state index contributed by atoms with van der Waals surface area (Å²) in [6.45, 7) is 0. The number of pyridine rings is 1. The molecule has 1 rings (SSSR count). The minimum atomic E-state index is 0. The van der Waals surface area contributed by atoms with Gasteiger partial charge in [0.25, 0.3) is 0 Å². The number of hydrogen-bond donors (Lipinski definition) is 0. The van der Waals surface area contributed by atoms with E-state index in [1.807, 2.05) is 0 Å². The van der Waals surface area contributed by atoms with Crippen molar-refractivity contribution in [2.75, 3.05) is 0 Å². The van der Waals surface area contributed by atoms with Gasteiger partial charge in [-0.25, -0.2) is 0 Å². The summed E-state index contributed by atoms with van der Waals surface area (Å²) in [5.74, 6) is 0. The Bertz CT molecular complexity index is 178. The smallest absolute Gasteiger partial charge is 0.870 e. The zero-order valence-electron chi connectivity index (χ0n) is 5.61. The van der Waals surface area contributed by atoms with Crippen molar-refractivity contribution in [1.29, 1.82) is 0 Å². The van der Waals surface area contributed by atoms with E-state index in [-0.39, 0.29) is 35.0 Å². The zero-order chi connectivity index (χ0) is 5.82. The van der Waals surface area contributed by atoms with E-state index in [0.29, 0.717) is 5.56 Å². The fourth-order valence-corrected chi connectivity index (χ4v) is 0.423. The van der Waals surface area contributed by atoms with Crippen molar-refractivity contribution >= 4 is 6.29 Å². The molecule has 0 aliphatic heterocycles. The molecule has 0 saturated heterocycles. The molecule has 0 unspecified atom stereocenters. The molecule has 10 heavy (non-hydrogen) atoms. The average Bonchev–Trinajstić information content (AvgIpc) is 1.90. The fourth-order valence-electron chi connectivity index (χ4n) is 0.423. The molecule has 48 valence electrons. The van der Waals surface area contributed by atoms with Gasteiger partial charge in [0.2, 0.25) is 0 Å². The summed E-state index contributed by atoms with van der Waals surface area (Å²) < 4.78 is 0. The zero-order valence-corrected chi connectivity index (χ0v) is 7.61. The predicted molar refractivity (Wildman–Crippen MR) is 31.0 cm³/mol. The van der Waals surface area contributed by atoms with Crippen LogP contribution in [-0.4, -0.2) is 16.7 Å². The van der Waals surface area contributed by atoms with Gasteiger partial charge in [-0.2, -0.15) is 6.07 Å². The predicted octanol–water partition coefficient (Wildman–Crippen LogP) is -2.63. The van der Waals surface area contributed by atoms with Crippen molar-refractivity contribution in [2.45, 2.75) is 0 Å². The maximum Gasteiger partial charge on any atom is 1.00 e. The first kappa shape index (κ1) is 12.5. The van der Waals surface area contributed by atoms with Crippen LogP contribution >= 0.6 is 0 Å².